The van der Waals surface area contributed by atoms with Crippen molar-refractivity contribution in [2.24, 2.45) is 0 Å². The quantitative estimate of drug-likeness (QED) is 0.739. The van der Waals surface area contributed by atoms with Crippen molar-refractivity contribution in [2.75, 3.05) is 5.32 Å². The first-order valence-electron chi connectivity index (χ1n) is 8.51. The van der Waals surface area contributed by atoms with E-state index < -0.39 is 5.82 Å². The molecule has 2 N–H and O–H groups in total. The standard InChI is InChI=1S/C19H21FN6O/c1-19(2,3)13-7-9-15(10-8-13)22-18(27)21-12-17-23-24-25-26(17)16-6-4-5-14(20)11-16/h4-11H,12H2,1-3H3,(H2,21,22,27). The molecule has 0 saturated heterocycles. The van der Waals surface area contributed by atoms with Crippen molar-refractivity contribution in [3.8, 4) is 5.69 Å². The van der Waals surface area contributed by atoms with Crippen LogP contribution in [0.3, 0.4) is 0 Å². The number of halogens is 1. The number of amides is 2. The number of hydrogen-bond donors (Lipinski definition) is 2. The SMILES string of the molecule is CC(C)(C)c1ccc(NC(=O)NCc2nnnn2-c2cccc(F)c2)cc1. The predicted octanol–water partition coefficient (Wildman–Crippen LogP) is 3.42. The summed E-state index contributed by atoms with van der Waals surface area (Å²) in [6.45, 7) is 6.48. The minimum Gasteiger partial charge on any atom is -0.330 e. The number of carbonyl (C=O) groups is 1. The number of anilines is 1. The lowest BCUT2D eigenvalue weighted by Gasteiger charge is -2.19. The van der Waals surface area contributed by atoms with Crippen molar-refractivity contribution in [1.29, 1.82) is 0 Å². The second-order valence-electron chi connectivity index (χ2n) is 7.12. The summed E-state index contributed by atoms with van der Waals surface area (Å²) in [7, 11) is 0. The van der Waals surface area contributed by atoms with Crippen LogP contribution in [0.15, 0.2) is 48.5 Å². The van der Waals surface area contributed by atoms with Gasteiger partial charge in [0.1, 0.15) is 5.82 Å². The van der Waals surface area contributed by atoms with Crippen LogP contribution in [0, 0.1) is 5.82 Å². The molecular weight excluding hydrogens is 347 g/mol. The van der Waals surface area contributed by atoms with Crippen LogP contribution in [-0.2, 0) is 12.0 Å². The maximum absolute atomic E-state index is 13.4. The van der Waals surface area contributed by atoms with Crippen LogP contribution in [0.5, 0.6) is 0 Å². The number of rotatable bonds is 4. The predicted molar refractivity (Wildman–Crippen MR) is 100 cm³/mol. The van der Waals surface area contributed by atoms with E-state index in [1.165, 1.54) is 22.4 Å². The van der Waals surface area contributed by atoms with Gasteiger partial charge in [-0.15, -0.1) is 5.10 Å². The van der Waals surface area contributed by atoms with Gasteiger partial charge in [-0.2, -0.15) is 4.68 Å². The highest BCUT2D eigenvalue weighted by Crippen LogP contribution is 2.23. The molecule has 0 atom stereocenters. The third kappa shape index (κ3) is 4.66. The molecule has 1 heterocycles. The topological polar surface area (TPSA) is 84.7 Å². The zero-order valence-corrected chi connectivity index (χ0v) is 15.4. The maximum Gasteiger partial charge on any atom is 0.319 e. The normalized spacial score (nSPS) is 11.3. The van der Waals surface area contributed by atoms with Crippen molar-refractivity contribution in [3.05, 3.63) is 65.7 Å². The number of tetrazole rings is 1. The van der Waals surface area contributed by atoms with Gasteiger partial charge in [-0.05, 0) is 51.7 Å². The largest absolute Gasteiger partial charge is 0.330 e. The van der Waals surface area contributed by atoms with Crippen LogP contribution in [-0.4, -0.2) is 26.2 Å². The monoisotopic (exact) mass is 368 g/mol. The Bertz CT molecular complexity index is 930. The Kier molecular flexibility index (Phi) is 5.16. The molecule has 3 aromatic rings. The van der Waals surface area contributed by atoms with Crippen LogP contribution in [0.2, 0.25) is 0 Å². The van der Waals surface area contributed by atoms with Crippen molar-refractivity contribution >= 4 is 11.7 Å². The Hall–Kier alpha value is -3.29. The van der Waals surface area contributed by atoms with Crippen molar-refractivity contribution < 1.29 is 9.18 Å². The second-order valence-corrected chi connectivity index (χ2v) is 7.12. The Balaban J connectivity index is 1.61. The average molecular weight is 368 g/mol. The molecule has 0 unspecified atom stereocenters. The summed E-state index contributed by atoms with van der Waals surface area (Å²) in [6, 6.07) is 13.2. The minimum atomic E-state index is -0.390. The summed E-state index contributed by atoms with van der Waals surface area (Å²) in [5.41, 5.74) is 2.40. The molecule has 0 bridgehead atoms. The van der Waals surface area contributed by atoms with E-state index in [4.69, 9.17) is 0 Å². The lowest BCUT2D eigenvalue weighted by atomic mass is 9.87. The Morgan fingerprint density at radius 1 is 1.15 bits per heavy atom. The van der Waals surface area contributed by atoms with E-state index in [1.807, 2.05) is 24.3 Å². The lowest BCUT2D eigenvalue weighted by molar-refractivity contribution is 0.251. The number of benzene rings is 2. The van der Waals surface area contributed by atoms with E-state index in [9.17, 15) is 9.18 Å². The molecule has 3 rings (SSSR count). The Morgan fingerprint density at radius 2 is 1.89 bits per heavy atom. The van der Waals surface area contributed by atoms with E-state index >= 15 is 0 Å². The molecular formula is C19H21FN6O. The summed E-state index contributed by atoms with van der Waals surface area (Å²) < 4.78 is 14.8. The molecule has 0 aliphatic rings. The molecule has 0 fully saturated rings. The van der Waals surface area contributed by atoms with Gasteiger partial charge >= 0.3 is 6.03 Å². The van der Waals surface area contributed by atoms with E-state index in [2.05, 4.69) is 46.9 Å². The fraction of sp³-hybridized carbons (Fsp3) is 0.263. The first-order valence-corrected chi connectivity index (χ1v) is 8.51. The summed E-state index contributed by atoms with van der Waals surface area (Å²) >= 11 is 0. The summed E-state index contributed by atoms with van der Waals surface area (Å²) in [5, 5.41) is 16.8. The van der Waals surface area contributed by atoms with Crippen molar-refractivity contribution in [1.82, 2.24) is 25.5 Å². The average Bonchev–Trinajstić information content (AvgIpc) is 3.08. The molecule has 0 spiro atoms. The van der Waals surface area contributed by atoms with Crippen molar-refractivity contribution in [3.63, 3.8) is 0 Å². The van der Waals surface area contributed by atoms with Crippen molar-refractivity contribution in [2.45, 2.75) is 32.7 Å². The van der Waals surface area contributed by atoms with Gasteiger partial charge < -0.3 is 10.6 Å². The van der Waals surface area contributed by atoms with Gasteiger partial charge in [0.05, 0.1) is 12.2 Å². The van der Waals surface area contributed by atoms with E-state index in [0.29, 0.717) is 17.2 Å². The van der Waals surface area contributed by atoms with Crippen LogP contribution in [0.1, 0.15) is 32.2 Å². The van der Waals surface area contributed by atoms with Crippen LogP contribution >= 0.6 is 0 Å². The maximum atomic E-state index is 13.4. The molecule has 0 saturated carbocycles. The molecule has 2 amide bonds. The zero-order chi connectivity index (χ0) is 19.4. The fourth-order valence-corrected chi connectivity index (χ4v) is 2.51. The van der Waals surface area contributed by atoms with E-state index in [-0.39, 0.29) is 18.0 Å². The number of nitrogens with zero attached hydrogens (tertiary/aromatic N) is 4. The number of aromatic nitrogens is 4. The molecule has 8 heteroatoms. The van der Waals surface area contributed by atoms with E-state index in [0.717, 1.165) is 0 Å². The smallest absolute Gasteiger partial charge is 0.319 e. The van der Waals surface area contributed by atoms with Crippen LogP contribution in [0.4, 0.5) is 14.9 Å². The van der Waals surface area contributed by atoms with Gasteiger partial charge in [0.15, 0.2) is 5.82 Å². The highest BCUT2D eigenvalue weighted by atomic mass is 19.1. The molecule has 0 aliphatic carbocycles. The molecule has 0 aliphatic heterocycles. The van der Waals surface area contributed by atoms with Gasteiger partial charge in [0.25, 0.3) is 0 Å². The number of carbonyl (C=O) groups excluding carboxylic acids is 1. The number of urea groups is 1. The van der Waals surface area contributed by atoms with Crippen LogP contribution in [0.25, 0.3) is 5.69 Å². The highest BCUT2D eigenvalue weighted by Gasteiger charge is 2.14. The number of nitrogens with one attached hydrogen (secondary N) is 2. The van der Waals surface area contributed by atoms with Gasteiger partial charge in [-0.25, -0.2) is 9.18 Å². The Labute approximate surface area is 156 Å². The zero-order valence-electron chi connectivity index (χ0n) is 15.4. The molecule has 27 heavy (non-hydrogen) atoms. The Morgan fingerprint density at radius 3 is 2.56 bits per heavy atom. The first kappa shape index (κ1) is 18.5. The third-order valence-electron chi connectivity index (χ3n) is 4.00. The van der Waals surface area contributed by atoms with Gasteiger partial charge in [0, 0.05) is 5.69 Å². The van der Waals surface area contributed by atoms with Gasteiger partial charge in [-0.3, -0.25) is 0 Å². The van der Waals surface area contributed by atoms with E-state index in [1.54, 1.807) is 12.1 Å². The van der Waals surface area contributed by atoms with Crippen LogP contribution < -0.4 is 10.6 Å². The molecule has 2 aromatic carbocycles. The lowest BCUT2D eigenvalue weighted by Crippen LogP contribution is -2.29. The minimum absolute atomic E-state index is 0.0504. The second kappa shape index (κ2) is 7.53. The molecule has 140 valence electrons. The highest BCUT2D eigenvalue weighted by molar-refractivity contribution is 5.89. The summed E-state index contributed by atoms with van der Waals surface area (Å²) in [5.74, 6) is -0.00261. The summed E-state index contributed by atoms with van der Waals surface area (Å²) in [6.07, 6.45) is 0. The third-order valence-corrected chi connectivity index (χ3v) is 4.00. The molecule has 0 radical (unpaired) electrons. The fourth-order valence-electron chi connectivity index (χ4n) is 2.51. The first-order chi connectivity index (χ1) is 12.8. The molecule has 7 nitrogen and oxygen atoms in total. The van der Waals surface area contributed by atoms with Gasteiger partial charge in [0.2, 0.25) is 0 Å². The summed E-state index contributed by atoms with van der Waals surface area (Å²) in [4.78, 5) is 12.1. The molecule has 1 aromatic heterocycles. The number of hydrogen-bond acceptors (Lipinski definition) is 4. The van der Waals surface area contributed by atoms with Gasteiger partial charge in [-0.1, -0.05) is 39.0 Å².